The number of nitrogens with zero attached hydrogens (tertiary/aromatic N) is 1. The average Bonchev–Trinajstić information content (AvgIpc) is 2.04. The lowest BCUT2D eigenvalue weighted by atomic mass is 10.0. The van der Waals surface area contributed by atoms with Gasteiger partial charge in [-0.15, -0.1) is 0 Å². The van der Waals surface area contributed by atoms with Crippen LogP contribution < -0.4 is 5.73 Å². The molecule has 1 amide bonds. The van der Waals surface area contributed by atoms with Crippen LogP contribution in [0.3, 0.4) is 0 Å². The van der Waals surface area contributed by atoms with Crippen LogP contribution in [-0.2, 0) is 4.79 Å². The SMILES string of the molecule is CC1CCCCN1C(C)C(N)=O. The van der Waals surface area contributed by atoms with Crippen LogP contribution in [0.4, 0.5) is 0 Å². The van der Waals surface area contributed by atoms with Gasteiger partial charge in [-0.2, -0.15) is 0 Å². The number of hydrogen-bond acceptors (Lipinski definition) is 2. The molecule has 1 saturated heterocycles. The van der Waals surface area contributed by atoms with E-state index in [0.717, 1.165) is 6.54 Å². The number of piperidine rings is 1. The van der Waals surface area contributed by atoms with Crippen molar-refractivity contribution in [3.05, 3.63) is 0 Å². The van der Waals surface area contributed by atoms with Crippen LogP contribution in [0.15, 0.2) is 0 Å². The Kier molecular flexibility index (Phi) is 3.09. The lowest BCUT2D eigenvalue weighted by Gasteiger charge is -2.36. The summed E-state index contributed by atoms with van der Waals surface area (Å²) in [6.07, 6.45) is 3.67. The predicted molar refractivity (Wildman–Crippen MR) is 48.7 cm³/mol. The van der Waals surface area contributed by atoms with Gasteiger partial charge in [0, 0.05) is 6.04 Å². The second kappa shape index (κ2) is 3.90. The van der Waals surface area contributed by atoms with Gasteiger partial charge in [0.1, 0.15) is 0 Å². The highest BCUT2D eigenvalue weighted by Gasteiger charge is 2.25. The maximum atomic E-state index is 10.9. The van der Waals surface area contributed by atoms with E-state index >= 15 is 0 Å². The zero-order chi connectivity index (χ0) is 9.14. The van der Waals surface area contributed by atoms with Crippen LogP contribution in [-0.4, -0.2) is 29.4 Å². The quantitative estimate of drug-likeness (QED) is 0.664. The van der Waals surface area contributed by atoms with Crippen molar-refractivity contribution in [1.82, 2.24) is 4.90 Å². The lowest BCUT2D eigenvalue weighted by molar-refractivity contribution is -0.123. The Morgan fingerprint density at radius 2 is 2.25 bits per heavy atom. The van der Waals surface area contributed by atoms with Gasteiger partial charge in [0.15, 0.2) is 0 Å². The number of amides is 1. The normalized spacial score (nSPS) is 28.3. The number of likely N-dealkylation sites (tertiary alicyclic amines) is 1. The summed E-state index contributed by atoms with van der Waals surface area (Å²) in [6.45, 7) is 5.08. The molecule has 0 saturated carbocycles. The second-order valence-corrected chi connectivity index (χ2v) is 3.66. The van der Waals surface area contributed by atoms with Crippen molar-refractivity contribution in [2.75, 3.05) is 6.54 Å². The van der Waals surface area contributed by atoms with Crippen molar-refractivity contribution in [3.63, 3.8) is 0 Å². The zero-order valence-electron chi connectivity index (χ0n) is 7.92. The first-order valence-corrected chi connectivity index (χ1v) is 4.68. The van der Waals surface area contributed by atoms with Crippen LogP contribution in [0, 0.1) is 0 Å². The molecule has 1 aliphatic rings. The fourth-order valence-electron chi connectivity index (χ4n) is 1.86. The highest BCUT2D eigenvalue weighted by atomic mass is 16.1. The van der Waals surface area contributed by atoms with Crippen molar-refractivity contribution >= 4 is 5.91 Å². The summed E-state index contributed by atoms with van der Waals surface area (Å²) in [5, 5.41) is 0. The van der Waals surface area contributed by atoms with Crippen molar-refractivity contribution in [3.8, 4) is 0 Å². The van der Waals surface area contributed by atoms with E-state index in [9.17, 15) is 4.79 Å². The van der Waals surface area contributed by atoms with Crippen molar-refractivity contribution in [2.24, 2.45) is 5.73 Å². The van der Waals surface area contributed by atoms with E-state index in [-0.39, 0.29) is 11.9 Å². The Morgan fingerprint density at radius 3 is 2.75 bits per heavy atom. The molecule has 2 unspecified atom stereocenters. The Labute approximate surface area is 73.9 Å². The number of nitrogens with two attached hydrogens (primary N) is 1. The summed E-state index contributed by atoms with van der Waals surface area (Å²) >= 11 is 0. The third-order valence-electron chi connectivity index (χ3n) is 2.76. The minimum absolute atomic E-state index is 0.0969. The smallest absolute Gasteiger partial charge is 0.234 e. The van der Waals surface area contributed by atoms with Gasteiger partial charge in [-0.05, 0) is 33.2 Å². The summed E-state index contributed by atoms with van der Waals surface area (Å²) < 4.78 is 0. The molecule has 0 radical (unpaired) electrons. The predicted octanol–water partition coefficient (Wildman–Crippen LogP) is 0.735. The van der Waals surface area contributed by atoms with Gasteiger partial charge in [-0.25, -0.2) is 0 Å². The number of hydrogen-bond donors (Lipinski definition) is 1. The van der Waals surface area contributed by atoms with E-state index in [4.69, 9.17) is 5.73 Å². The van der Waals surface area contributed by atoms with Gasteiger partial charge >= 0.3 is 0 Å². The first-order chi connectivity index (χ1) is 5.63. The molecule has 1 rings (SSSR count). The number of carbonyl (C=O) groups excluding carboxylic acids is 1. The first-order valence-electron chi connectivity index (χ1n) is 4.68. The molecule has 3 heteroatoms. The molecule has 0 aliphatic carbocycles. The highest BCUT2D eigenvalue weighted by molar-refractivity contribution is 5.79. The maximum Gasteiger partial charge on any atom is 0.234 e. The standard InChI is InChI=1S/C9H18N2O/c1-7-5-3-4-6-11(7)8(2)9(10)12/h7-8H,3-6H2,1-2H3,(H2,10,12). The third-order valence-corrected chi connectivity index (χ3v) is 2.76. The Morgan fingerprint density at radius 1 is 1.58 bits per heavy atom. The minimum Gasteiger partial charge on any atom is -0.368 e. The topological polar surface area (TPSA) is 46.3 Å². The van der Waals surface area contributed by atoms with E-state index in [2.05, 4.69) is 11.8 Å². The first kappa shape index (κ1) is 9.52. The number of primary amides is 1. The Hall–Kier alpha value is -0.570. The van der Waals surface area contributed by atoms with Crippen LogP contribution in [0.2, 0.25) is 0 Å². The third kappa shape index (κ3) is 1.97. The molecule has 0 spiro atoms. The van der Waals surface area contributed by atoms with E-state index < -0.39 is 0 Å². The second-order valence-electron chi connectivity index (χ2n) is 3.66. The van der Waals surface area contributed by atoms with Crippen LogP contribution in [0.25, 0.3) is 0 Å². The van der Waals surface area contributed by atoms with Crippen molar-refractivity contribution in [2.45, 2.75) is 45.2 Å². The van der Waals surface area contributed by atoms with Crippen molar-refractivity contribution in [1.29, 1.82) is 0 Å². The number of carbonyl (C=O) groups is 1. The zero-order valence-corrected chi connectivity index (χ0v) is 7.92. The van der Waals surface area contributed by atoms with Crippen LogP contribution >= 0.6 is 0 Å². The fourth-order valence-corrected chi connectivity index (χ4v) is 1.86. The fraction of sp³-hybridized carbons (Fsp3) is 0.889. The van der Waals surface area contributed by atoms with E-state index in [1.807, 2.05) is 6.92 Å². The van der Waals surface area contributed by atoms with Gasteiger partial charge in [-0.1, -0.05) is 6.42 Å². The minimum atomic E-state index is -0.205. The van der Waals surface area contributed by atoms with Crippen molar-refractivity contribution < 1.29 is 4.79 Å². The molecule has 2 atom stereocenters. The van der Waals surface area contributed by atoms with Crippen LogP contribution in [0.1, 0.15) is 33.1 Å². The summed E-state index contributed by atoms with van der Waals surface area (Å²) in [5.74, 6) is -0.205. The molecule has 0 bridgehead atoms. The van der Waals surface area contributed by atoms with Gasteiger partial charge in [0.2, 0.25) is 5.91 Å². The van der Waals surface area contributed by atoms with E-state index in [1.54, 1.807) is 0 Å². The molecule has 12 heavy (non-hydrogen) atoms. The molecule has 3 nitrogen and oxygen atoms in total. The molecule has 1 fully saturated rings. The Balaban J connectivity index is 2.53. The summed E-state index contributed by atoms with van der Waals surface area (Å²) in [5.41, 5.74) is 5.25. The molecule has 2 N–H and O–H groups in total. The van der Waals surface area contributed by atoms with Gasteiger partial charge in [0.05, 0.1) is 6.04 Å². The molecule has 0 aromatic heterocycles. The summed E-state index contributed by atoms with van der Waals surface area (Å²) in [7, 11) is 0. The van der Waals surface area contributed by atoms with E-state index in [0.29, 0.717) is 6.04 Å². The largest absolute Gasteiger partial charge is 0.368 e. The van der Waals surface area contributed by atoms with Gasteiger partial charge < -0.3 is 5.73 Å². The van der Waals surface area contributed by atoms with E-state index in [1.165, 1.54) is 19.3 Å². The summed E-state index contributed by atoms with van der Waals surface area (Å²) in [4.78, 5) is 13.1. The molecular formula is C9H18N2O. The highest BCUT2D eigenvalue weighted by Crippen LogP contribution is 2.18. The Bertz CT molecular complexity index is 170. The molecule has 70 valence electrons. The molecule has 1 aliphatic heterocycles. The maximum absolute atomic E-state index is 10.9. The van der Waals surface area contributed by atoms with Crippen LogP contribution in [0.5, 0.6) is 0 Å². The molecule has 1 heterocycles. The van der Waals surface area contributed by atoms with Gasteiger partial charge in [0.25, 0.3) is 0 Å². The lowest BCUT2D eigenvalue weighted by Crippen LogP contribution is -2.49. The molecular weight excluding hydrogens is 152 g/mol. The number of rotatable bonds is 2. The average molecular weight is 170 g/mol. The monoisotopic (exact) mass is 170 g/mol. The van der Waals surface area contributed by atoms with Gasteiger partial charge in [-0.3, -0.25) is 9.69 Å². The molecule has 0 aromatic rings. The molecule has 0 aromatic carbocycles. The summed E-state index contributed by atoms with van der Waals surface area (Å²) in [6, 6.07) is 0.418.